The molecule has 0 bridgehead atoms. The summed E-state index contributed by atoms with van der Waals surface area (Å²) >= 11 is 0. The van der Waals surface area contributed by atoms with Crippen LogP contribution in [0.2, 0.25) is 0 Å². The molecule has 6 nitrogen and oxygen atoms in total. The van der Waals surface area contributed by atoms with E-state index in [1.54, 1.807) is 16.9 Å². The lowest BCUT2D eigenvalue weighted by atomic mass is 9.84. The summed E-state index contributed by atoms with van der Waals surface area (Å²) in [6, 6.07) is 2.16. The third-order valence-corrected chi connectivity index (χ3v) is 5.62. The van der Waals surface area contributed by atoms with Gasteiger partial charge in [-0.25, -0.2) is 0 Å². The number of nitrogens with one attached hydrogen (secondary N) is 1. The molecule has 25 heavy (non-hydrogen) atoms. The molecule has 0 unspecified atom stereocenters. The van der Waals surface area contributed by atoms with Crippen molar-refractivity contribution in [2.45, 2.75) is 76.5 Å². The Balaban J connectivity index is 1.47. The van der Waals surface area contributed by atoms with Gasteiger partial charge in [0, 0.05) is 37.9 Å². The standard InChI is InChI=1S/C19H32N4O2/c1-15(2)23-17(6-11-20-23)18(24)21-16-7-12-22(13-8-16)14-19(25)9-4-3-5-10-19/h6,11,15-16,25H,3-5,7-10,12-14H2,1-2H3,(H,21,24). The van der Waals surface area contributed by atoms with E-state index in [9.17, 15) is 9.90 Å². The molecule has 1 aromatic heterocycles. The molecule has 1 saturated carbocycles. The molecule has 0 atom stereocenters. The van der Waals surface area contributed by atoms with Crippen LogP contribution >= 0.6 is 0 Å². The number of hydrogen-bond acceptors (Lipinski definition) is 4. The predicted octanol–water partition coefficient (Wildman–Crippen LogP) is 2.35. The molecular weight excluding hydrogens is 316 g/mol. The molecule has 1 aliphatic heterocycles. The van der Waals surface area contributed by atoms with Crippen molar-refractivity contribution in [3.05, 3.63) is 18.0 Å². The van der Waals surface area contributed by atoms with Gasteiger partial charge < -0.3 is 15.3 Å². The fourth-order valence-corrected chi connectivity index (χ4v) is 4.18. The van der Waals surface area contributed by atoms with Gasteiger partial charge in [-0.15, -0.1) is 0 Å². The third-order valence-electron chi connectivity index (χ3n) is 5.62. The van der Waals surface area contributed by atoms with Crippen LogP contribution < -0.4 is 5.32 Å². The molecular formula is C19H32N4O2. The topological polar surface area (TPSA) is 70.4 Å². The summed E-state index contributed by atoms with van der Waals surface area (Å²) in [5.41, 5.74) is 0.145. The van der Waals surface area contributed by atoms with Crippen LogP contribution in [0.4, 0.5) is 0 Å². The largest absolute Gasteiger partial charge is 0.389 e. The first-order chi connectivity index (χ1) is 12.0. The first kappa shape index (κ1) is 18.4. The minimum Gasteiger partial charge on any atom is -0.389 e. The highest BCUT2D eigenvalue weighted by molar-refractivity contribution is 5.92. The van der Waals surface area contributed by atoms with E-state index in [1.807, 2.05) is 13.8 Å². The molecule has 0 aromatic carbocycles. The molecule has 6 heteroatoms. The van der Waals surface area contributed by atoms with E-state index in [-0.39, 0.29) is 18.0 Å². The highest BCUT2D eigenvalue weighted by atomic mass is 16.3. The van der Waals surface area contributed by atoms with Gasteiger partial charge in [0.1, 0.15) is 5.69 Å². The van der Waals surface area contributed by atoms with E-state index in [1.165, 1.54) is 6.42 Å². The van der Waals surface area contributed by atoms with E-state index < -0.39 is 5.60 Å². The van der Waals surface area contributed by atoms with Gasteiger partial charge in [-0.05, 0) is 45.6 Å². The lowest BCUT2D eigenvalue weighted by molar-refractivity contribution is -0.0312. The Kier molecular flexibility index (Phi) is 5.79. The first-order valence-electron chi connectivity index (χ1n) is 9.76. The average molecular weight is 348 g/mol. The van der Waals surface area contributed by atoms with Crippen molar-refractivity contribution in [1.29, 1.82) is 0 Å². The van der Waals surface area contributed by atoms with Crippen LogP contribution in [-0.2, 0) is 0 Å². The number of β-amino-alcohol motifs (C(OH)–C–C–N with tert-alkyl or cyclic N) is 1. The molecule has 2 N–H and O–H groups in total. The average Bonchev–Trinajstić information content (AvgIpc) is 3.07. The van der Waals surface area contributed by atoms with Crippen LogP contribution in [0.3, 0.4) is 0 Å². The number of piperidine rings is 1. The Morgan fingerprint density at radius 2 is 2.00 bits per heavy atom. The van der Waals surface area contributed by atoms with Gasteiger partial charge in [0.15, 0.2) is 0 Å². The van der Waals surface area contributed by atoms with Crippen LogP contribution in [-0.4, -0.2) is 57.0 Å². The maximum absolute atomic E-state index is 12.5. The van der Waals surface area contributed by atoms with Crippen molar-refractivity contribution >= 4 is 5.91 Å². The van der Waals surface area contributed by atoms with Crippen LogP contribution in [0, 0.1) is 0 Å². The lowest BCUT2D eigenvalue weighted by Gasteiger charge is -2.40. The minimum absolute atomic E-state index is 0.0319. The molecule has 140 valence electrons. The summed E-state index contributed by atoms with van der Waals surface area (Å²) in [6.07, 6.45) is 8.98. The molecule has 2 fully saturated rings. The Morgan fingerprint density at radius 3 is 2.64 bits per heavy atom. The lowest BCUT2D eigenvalue weighted by Crippen LogP contribution is -2.50. The van der Waals surface area contributed by atoms with Crippen LogP contribution in [0.25, 0.3) is 0 Å². The second-order valence-corrected chi connectivity index (χ2v) is 8.06. The highest BCUT2D eigenvalue weighted by Gasteiger charge is 2.33. The monoisotopic (exact) mass is 348 g/mol. The summed E-state index contributed by atoms with van der Waals surface area (Å²) in [5.74, 6) is -0.0319. The number of rotatable bonds is 5. The smallest absolute Gasteiger partial charge is 0.269 e. The number of amides is 1. The zero-order valence-corrected chi connectivity index (χ0v) is 15.6. The van der Waals surface area contributed by atoms with Crippen molar-refractivity contribution < 1.29 is 9.90 Å². The highest BCUT2D eigenvalue weighted by Crippen LogP contribution is 2.29. The van der Waals surface area contributed by atoms with Crippen molar-refractivity contribution in [3.8, 4) is 0 Å². The number of aromatic nitrogens is 2. The molecule has 1 aromatic rings. The Morgan fingerprint density at radius 1 is 1.32 bits per heavy atom. The van der Waals surface area contributed by atoms with E-state index in [0.717, 1.165) is 58.2 Å². The van der Waals surface area contributed by atoms with E-state index in [2.05, 4.69) is 15.3 Å². The molecule has 1 saturated heterocycles. The van der Waals surface area contributed by atoms with Crippen LogP contribution in [0.5, 0.6) is 0 Å². The zero-order valence-electron chi connectivity index (χ0n) is 15.6. The molecule has 1 aliphatic carbocycles. The Hall–Kier alpha value is -1.40. The maximum Gasteiger partial charge on any atom is 0.269 e. The van der Waals surface area contributed by atoms with E-state index in [0.29, 0.717) is 5.69 Å². The van der Waals surface area contributed by atoms with Crippen molar-refractivity contribution in [2.24, 2.45) is 0 Å². The van der Waals surface area contributed by atoms with Gasteiger partial charge in [0.25, 0.3) is 5.91 Å². The molecule has 0 radical (unpaired) electrons. The van der Waals surface area contributed by atoms with E-state index in [4.69, 9.17) is 0 Å². The second kappa shape index (κ2) is 7.87. The number of carbonyl (C=O) groups excluding carboxylic acids is 1. The molecule has 1 amide bonds. The summed E-state index contributed by atoms with van der Waals surface area (Å²) in [4.78, 5) is 14.9. The number of likely N-dealkylation sites (tertiary alicyclic amines) is 1. The normalized spacial score (nSPS) is 22.2. The zero-order chi connectivity index (χ0) is 17.9. The summed E-state index contributed by atoms with van der Waals surface area (Å²) in [6.45, 7) is 6.72. The molecule has 0 spiro atoms. The number of aliphatic hydroxyl groups is 1. The minimum atomic E-state index is -0.488. The van der Waals surface area contributed by atoms with E-state index >= 15 is 0 Å². The van der Waals surface area contributed by atoms with Crippen molar-refractivity contribution in [3.63, 3.8) is 0 Å². The number of nitrogens with zero attached hydrogens (tertiary/aromatic N) is 3. The summed E-state index contributed by atoms with van der Waals surface area (Å²) < 4.78 is 1.77. The maximum atomic E-state index is 12.5. The van der Waals surface area contributed by atoms with Crippen molar-refractivity contribution in [2.75, 3.05) is 19.6 Å². The van der Waals surface area contributed by atoms with Crippen molar-refractivity contribution in [1.82, 2.24) is 20.0 Å². The SMILES string of the molecule is CC(C)n1nccc1C(=O)NC1CCN(CC2(O)CCCCC2)CC1. The van der Waals surface area contributed by atoms with Crippen LogP contribution in [0.1, 0.15) is 75.3 Å². The van der Waals surface area contributed by atoms with Gasteiger partial charge in [0.05, 0.1) is 5.60 Å². The van der Waals surface area contributed by atoms with Crippen LogP contribution in [0.15, 0.2) is 12.3 Å². The summed E-state index contributed by atoms with van der Waals surface area (Å²) in [5, 5.41) is 18.1. The Bertz CT molecular complexity index is 570. The second-order valence-electron chi connectivity index (χ2n) is 8.06. The van der Waals surface area contributed by atoms with Gasteiger partial charge in [-0.3, -0.25) is 9.48 Å². The fraction of sp³-hybridized carbons (Fsp3) is 0.789. The Labute approximate surface area is 150 Å². The molecule has 2 aliphatic rings. The number of carbonyl (C=O) groups is 1. The molecule has 3 rings (SSSR count). The number of hydrogen-bond donors (Lipinski definition) is 2. The van der Waals surface area contributed by atoms with Gasteiger partial charge in [-0.2, -0.15) is 5.10 Å². The molecule has 2 heterocycles. The quantitative estimate of drug-likeness (QED) is 0.857. The third kappa shape index (κ3) is 4.61. The fourth-order valence-electron chi connectivity index (χ4n) is 4.18. The predicted molar refractivity (Wildman–Crippen MR) is 97.6 cm³/mol. The summed E-state index contributed by atoms with van der Waals surface area (Å²) in [7, 11) is 0. The first-order valence-corrected chi connectivity index (χ1v) is 9.76. The van der Waals surface area contributed by atoms with Gasteiger partial charge >= 0.3 is 0 Å². The van der Waals surface area contributed by atoms with Gasteiger partial charge in [-0.1, -0.05) is 19.3 Å². The van der Waals surface area contributed by atoms with Gasteiger partial charge in [0.2, 0.25) is 0 Å².